The van der Waals surface area contributed by atoms with Crippen LogP contribution in [0.3, 0.4) is 0 Å². The largest absolute Gasteiger partial charge is 0.497 e. The van der Waals surface area contributed by atoms with Crippen LogP contribution in [0.4, 0.5) is 0 Å². The van der Waals surface area contributed by atoms with Crippen LogP contribution in [0.15, 0.2) is 42.5 Å². The van der Waals surface area contributed by atoms with Crippen LogP contribution >= 0.6 is 11.6 Å². The normalized spacial score (nSPS) is 10.2. The Morgan fingerprint density at radius 2 is 1.89 bits per heavy atom. The zero-order valence-corrected chi connectivity index (χ0v) is 10.6. The van der Waals surface area contributed by atoms with Crippen molar-refractivity contribution < 1.29 is 14.6 Å². The minimum atomic E-state index is -0.101. The van der Waals surface area contributed by atoms with E-state index in [1.807, 2.05) is 18.2 Å². The number of hydrogen-bond acceptors (Lipinski definition) is 3. The molecule has 0 saturated heterocycles. The average molecular weight is 265 g/mol. The molecule has 1 N–H and O–H groups in total. The molecule has 0 aliphatic rings. The Hall–Kier alpha value is -1.71. The maximum absolute atomic E-state index is 9.24. The van der Waals surface area contributed by atoms with E-state index in [4.69, 9.17) is 21.1 Å². The Balaban J connectivity index is 2.29. The van der Waals surface area contributed by atoms with Gasteiger partial charge in [-0.2, -0.15) is 0 Å². The van der Waals surface area contributed by atoms with Gasteiger partial charge in [0.05, 0.1) is 13.7 Å². The van der Waals surface area contributed by atoms with E-state index in [1.165, 1.54) is 0 Å². The van der Waals surface area contributed by atoms with Crippen molar-refractivity contribution in [2.45, 2.75) is 6.61 Å². The van der Waals surface area contributed by atoms with Crippen LogP contribution in [-0.4, -0.2) is 12.2 Å². The molecular weight excluding hydrogens is 252 g/mol. The summed E-state index contributed by atoms with van der Waals surface area (Å²) in [7, 11) is 1.59. The number of aliphatic hydroxyl groups is 1. The van der Waals surface area contributed by atoms with Crippen LogP contribution in [-0.2, 0) is 6.61 Å². The van der Waals surface area contributed by atoms with E-state index >= 15 is 0 Å². The maximum atomic E-state index is 9.24. The molecule has 0 bridgehead atoms. The van der Waals surface area contributed by atoms with Gasteiger partial charge >= 0.3 is 0 Å². The molecule has 0 aromatic heterocycles. The molecule has 2 aromatic carbocycles. The van der Waals surface area contributed by atoms with Crippen molar-refractivity contribution >= 4 is 11.6 Å². The summed E-state index contributed by atoms with van der Waals surface area (Å²) in [6.45, 7) is -0.101. The lowest BCUT2D eigenvalue weighted by Crippen LogP contribution is -1.92. The summed E-state index contributed by atoms with van der Waals surface area (Å²) in [6, 6.07) is 12.4. The van der Waals surface area contributed by atoms with E-state index < -0.39 is 0 Å². The highest BCUT2D eigenvalue weighted by atomic mass is 35.5. The highest BCUT2D eigenvalue weighted by Gasteiger charge is 2.06. The van der Waals surface area contributed by atoms with Gasteiger partial charge < -0.3 is 14.6 Å². The smallest absolute Gasteiger partial charge is 0.134 e. The number of benzene rings is 2. The van der Waals surface area contributed by atoms with Crippen molar-refractivity contribution in [3.8, 4) is 17.2 Å². The summed E-state index contributed by atoms with van der Waals surface area (Å²) in [5.41, 5.74) is 0.683. The number of hydrogen-bond donors (Lipinski definition) is 1. The molecule has 0 atom stereocenters. The molecule has 0 fully saturated rings. The molecule has 0 spiro atoms. The number of halogens is 1. The predicted molar refractivity (Wildman–Crippen MR) is 70.4 cm³/mol. The van der Waals surface area contributed by atoms with Crippen LogP contribution in [0.2, 0.25) is 5.02 Å². The molecule has 0 aliphatic carbocycles. The first-order valence-corrected chi connectivity index (χ1v) is 5.82. The minimum Gasteiger partial charge on any atom is -0.497 e. The van der Waals surface area contributed by atoms with Gasteiger partial charge in [-0.25, -0.2) is 0 Å². The first kappa shape index (κ1) is 12.7. The Kier molecular flexibility index (Phi) is 4.07. The fourth-order valence-corrected chi connectivity index (χ4v) is 1.71. The number of rotatable bonds is 4. The first-order valence-electron chi connectivity index (χ1n) is 5.44. The zero-order chi connectivity index (χ0) is 13.0. The highest BCUT2D eigenvalue weighted by Crippen LogP contribution is 2.30. The Labute approximate surface area is 111 Å². The van der Waals surface area contributed by atoms with Crippen LogP contribution in [0.5, 0.6) is 17.2 Å². The van der Waals surface area contributed by atoms with Crippen molar-refractivity contribution in [2.24, 2.45) is 0 Å². The second-order valence-electron chi connectivity index (χ2n) is 3.69. The first-order chi connectivity index (χ1) is 8.72. The van der Waals surface area contributed by atoms with Crippen molar-refractivity contribution in [1.82, 2.24) is 0 Å². The van der Waals surface area contributed by atoms with Gasteiger partial charge in [-0.15, -0.1) is 0 Å². The molecule has 18 heavy (non-hydrogen) atoms. The summed E-state index contributed by atoms with van der Waals surface area (Å²) < 4.78 is 10.8. The lowest BCUT2D eigenvalue weighted by molar-refractivity contribution is 0.276. The third-order valence-corrected chi connectivity index (χ3v) is 2.70. The van der Waals surface area contributed by atoms with E-state index in [0.717, 1.165) is 0 Å². The van der Waals surface area contributed by atoms with E-state index in [2.05, 4.69) is 0 Å². The number of ether oxygens (including phenoxy) is 2. The molecule has 4 heteroatoms. The van der Waals surface area contributed by atoms with Gasteiger partial charge in [-0.3, -0.25) is 0 Å². The zero-order valence-electron chi connectivity index (χ0n) is 9.89. The fraction of sp³-hybridized carbons (Fsp3) is 0.143. The lowest BCUT2D eigenvalue weighted by atomic mass is 10.2. The van der Waals surface area contributed by atoms with Gasteiger partial charge in [0.25, 0.3) is 0 Å². The van der Waals surface area contributed by atoms with Gasteiger partial charge in [-0.1, -0.05) is 23.7 Å². The van der Waals surface area contributed by atoms with E-state index in [1.54, 1.807) is 31.4 Å². The van der Waals surface area contributed by atoms with Crippen LogP contribution in [0.1, 0.15) is 5.56 Å². The van der Waals surface area contributed by atoms with E-state index in [-0.39, 0.29) is 6.61 Å². The van der Waals surface area contributed by atoms with Gasteiger partial charge in [-0.05, 0) is 24.3 Å². The second kappa shape index (κ2) is 5.76. The molecule has 0 radical (unpaired) electrons. The molecule has 0 unspecified atom stereocenters. The average Bonchev–Trinajstić information content (AvgIpc) is 2.39. The summed E-state index contributed by atoms with van der Waals surface area (Å²) in [4.78, 5) is 0. The molecule has 2 aromatic rings. The van der Waals surface area contributed by atoms with Crippen LogP contribution < -0.4 is 9.47 Å². The third-order valence-electron chi connectivity index (χ3n) is 2.47. The van der Waals surface area contributed by atoms with Crippen LogP contribution in [0, 0.1) is 0 Å². The molecule has 3 nitrogen and oxygen atoms in total. The van der Waals surface area contributed by atoms with Gasteiger partial charge in [0.15, 0.2) is 0 Å². The highest BCUT2D eigenvalue weighted by molar-refractivity contribution is 6.30. The summed E-state index contributed by atoms with van der Waals surface area (Å²) in [5.74, 6) is 1.88. The molecule has 0 heterocycles. The van der Waals surface area contributed by atoms with Crippen molar-refractivity contribution in [2.75, 3.05) is 7.11 Å². The Bertz CT molecular complexity index is 540. The van der Waals surface area contributed by atoms with Gasteiger partial charge in [0.1, 0.15) is 17.2 Å². The molecule has 0 saturated carbocycles. The Morgan fingerprint density at radius 3 is 2.61 bits per heavy atom. The Morgan fingerprint density at radius 1 is 1.11 bits per heavy atom. The summed E-state index contributed by atoms with van der Waals surface area (Å²) in [6.07, 6.45) is 0. The molecule has 0 aliphatic heterocycles. The maximum Gasteiger partial charge on any atom is 0.134 e. The minimum absolute atomic E-state index is 0.101. The topological polar surface area (TPSA) is 38.7 Å². The third kappa shape index (κ3) is 2.94. The summed E-state index contributed by atoms with van der Waals surface area (Å²) >= 11 is 5.91. The number of methoxy groups -OCH3 is 1. The molecule has 94 valence electrons. The van der Waals surface area contributed by atoms with Gasteiger partial charge in [0, 0.05) is 16.7 Å². The monoisotopic (exact) mass is 264 g/mol. The molecule has 2 rings (SSSR count). The van der Waals surface area contributed by atoms with Crippen molar-refractivity contribution in [1.29, 1.82) is 0 Å². The van der Waals surface area contributed by atoms with Crippen LogP contribution in [0.25, 0.3) is 0 Å². The summed E-state index contributed by atoms with van der Waals surface area (Å²) in [5, 5.41) is 9.80. The fourth-order valence-electron chi connectivity index (χ4n) is 1.55. The second-order valence-corrected chi connectivity index (χ2v) is 4.13. The molecule has 0 amide bonds. The van der Waals surface area contributed by atoms with Crippen molar-refractivity contribution in [3.05, 3.63) is 53.1 Å². The van der Waals surface area contributed by atoms with Crippen molar-refractivity contribution in [3.63, 3.8) is 0 Å². The van der Waals surface area contributed by atoms with Gasteiger partial charge in [0.2, 0.25) is 0 Å². The SMILES string of the molecule is COc1cccc(Oc2cc(Cl)ccc2CO)c1. The van der Waals surface area contributed by atoms with E-state index in [0.29, 0.717) is 27.8 Å². The lowest BCUT2D eigenvalue weighted by Gasteiger charge is -2.11. The van der Waals surface area contributed by atoms with E-state index in [9.17, 15) is 5.11 Å². The predicted octanol–water partition coefficient (Wildman–Crippen LogP) is 3.63. The number of aliphatic hydroxyl groups excluding tert-OH is 1. The quantitative estimate of drug-likeness (QED) is 0.916. The molecular formula is C14H13ClO3. The standard InChI is InChI=1S/C14H13ClO3/c1-17-12-3-2-4-13(8-12)18-14-7-11(15)6-5-10(14)9-16/h2-8,16H,9H2,1H3.